The Morgan fingerprint density at radius 2 is 1.62 bits per heavy atom. The predicted octanol–water partition coefficient (Wildman–Crippen LogP) is 1.08. The summed E-state index contributed by atoms with van der Waals surface area (Å²) in [7, 11) is 3.39. The van der Waals surface area contributed by atoms with Gasteiger partial charge in [-0.05, 0) is 34.7 Å². The summed E-state index contributed by atoms with van der Waals surface area (Å²) in [6.07, 6.45) is 0. The third-order valence-electron chi connectivity index (χ3n) is 0.844. The summed E-state index contributed by atoms with van der Waals surface area (Å²) in [6.45, 7) is 0. The lowest BCUT2D eigenvalue weighted by molar-refractivity contribution is 1.69. The highest BCUT2D eigenvalue weighted by Crippen LogP contribution is 1.98. The van der Waals surface area contributed by atoms with Crippen molar-refractivity contribution in [3.63, 3.8) is 0 Å². The van der Waals surface area contributed by atoms with Crippen LogP contribution in [0.25, 0.3) is 0 Å². The van der Waals surface area contributed by atoms with Crippen LogP contribution >= 0.6 is 22.6 Å². The number of benzene rings is 1. The average molecular weight is 231 g/mol. The number of halogens is 1. The summed E-state index contributed by atoms with van der Waals surface area (Å²) in [4.78, 5) is 0. The van der Waals surface area contributed by atoms with E-state index in [2.05, 4.69) is 45.0 Å². The van der Waals surface area contributed by atoms with Crippen LogP contribution in [0.2, 0.25) is 0 Å². The Labute approximate surface area is 65.9 Å². The smallest absolute Gasteiger partial charge is 0.0673 e. The predicted molar refractivity (Wildman–Crippen MR) is 44.5 cm³/mol. The van der Waals surface area contributed by atoms with E-state index in [1.165, 1.54) is 3.57 Å². The molecule has 0 bridgehead atoms. The van der Waals surface area contributed by atoms with Crippen LogP contribution in [-0.4, -0.2) is 10.2 Å². The van der Waals surface area contributed by atoms with Gasteiger partial charge in [-0.2, -0.15) is 0 Å². The molecule has 0 atom stereocenters. The van der Waals surface area contributed by atoms with Crippen molar-refractivity contribution in [1.82, 2.24) is 0 Å². The maximum Gasteiger partial charge on any atom is 0.0711 e. The van der Waals surface area contributed by atoms with Gasteiger partial charge in [0.25, 0.3) is 0 Å². The summed E-state index contributed by atoms with van der Waals surface area (Å²) in [5.74, 6) is 0. The summed E-state index contributed by atoms with van der Waals surface area (Å²) < 4.78 is 1.27. The van der Waals surface area contributed by atoms with E-state index in [0.29, 0.717) is 0 Å². The Bertz CT molecular complexity index is 147. The topological polar surface area (TPSA) is 0 Å². The summed E-state index contributed by atoms with van der Waals surface area (Å²) in [5.41, 5.74) is 0. The molecule has 3 radical (unpaired) electrons. The fourth-order valence-electron chi connectivity index (χ4n) is 0.450. The molecule has 2 heteroatoms. The molecule has 1 aromatic carbocycles. The maximum atomic E-state index is 3.39. The van der Waals surface area contributed by atoms with Crippen LogP contribution in [0.15, 0.2) is 24.3 Å². The first kappa shape index (κ1) is 6.29. The third kappa shape index (κ3) is 1.59. The molecular formula is C6H4ISi. The van der Waals surface area contributed by atoms with Gasteiger partial charge in [0.05, 0.1) is 10.2 Å². The van der Waals surface area contributed by atoms with Crippen molar-refractivity contribution in [2.75, 3.05) is 0 Å². The van der Waals surface area contributed by atoms with E-state index in [1.54, 1.807) is 0 Å². The van der Waals surface area contributed by atoms with Gasteiger partial charge in [0, 0.05) is 3.57 Å². The minimum absolute atomic E-state index is 1.13. The van der Waals surface area contributed by atoms with Gasteiger partial charge in [0.15, 0.2) is 0 Å². The zero-order valence-electron chi connectivity index (χ0n) is 4.19. The Morgan fingerprint density at radius 1 is 1.12 bits per heavy atom. The minimum atomic E-state index is 1.13. The Hall–Kier alpha value is 0.167. The van der Waals surface area contributed by atoms with Crippen LogP contribution in [0.5, 0.6) is 0 Å². The zero-order chi connectivity index (χ0) is 5.98. The van der Waals surface area contributed by atoms with Gasteiger partial charge in [-0.3, -0.25) is 0 Å². The van der Waals surface area contributed by atoms with Crippen molar-refractivity contribution in [3.8, 4) is 0 Å². The standard InChI is InChI=1S/C6H4ISi/c7-5-1-3-6(8)4-2-5/h1-4H. The lowest BCUT2D eigenvalue weighted by Gasteiger charge is -1.88. The second kappa shape index (κ2) is 2.64. The number of hydrogen-bond donors (Lipinski definition) is 0. The van der Waals surface area contributed by atoms with Gasteiger partial charge in [-0.25, -0.2) is 0 Å². The van der Waals surface area contributed by atoms with Gasteiger partial charge in [-0.15, -0.1) is 0 Å². The van der Waals surface area contributed by atoms with Crippen LogP contribution in [0.4, 0.5) is 0 Å². The monoisotopic (exact) mass is 231 g/mol. The molecule has 39 valence electrons. The van der Waals surface area contributed by atoms with E-state index in [1.807, 2.05) is 12.1 Å². The number of rotatable bonds is 0. The molecule has 0 unspecified atom stereocenters. The molecule has 0 aliphatic carbocycles. The van der Waals surface area contributed by atoms with Crippen molar-refractivity contribution in [2.45, 2.75) is 0 Å². The van der Waals surface area contributed by atoms with E-state index in [4.69, 9.17) is 0 Å². The zero-order valence-corrected chi connectivity index (χ0v) is 7.34. The van der Waals surface area contributed by atoms with Crippen molar-refractivity contribution < 1.29 is 0 Å². The van der Waals surface area contributed by atoms with Crippen molar-refractivity contribution >= 4 is 38.0 Å². The van der Waals surface area contributed by atoms with Crippen LogP contribution in [0, 0.1) is 3.57 Å². The third-order valence-corrected chi connectivity index (χ3v) is 1.90. The molecule has 1 aromatic rings. The molecule has 1 rings (SSSR count). The van der Waals surface area contributed by atoms with Crippen LogP contribution in [0.3, 0.4) is 0 Å². The molecule has 0 aromatic heterocycles. The highest BCUT2D eigenvalue weighted by atomic mass is 127. The van der Waals surface area contributed by atoms with E-state index in [-0.39, 0.29) is 0 Å². The van der Waals surface area contributed by atoms with E-state index < -0.39 is 0 Å². The van der Waals surface area contributed by atoms with Crippen molar-refractivity contribution in [1.29, 1.82) is 0 Å². The normalized spacial score (nSPS) is 9.25. The molecule has 0 spiro atoms. The van der Waals surface area contributed by atoms with Gasteiger partial charge in [-0.1, -0.05) is 17.3 Å². The molecular weight excluding hydrogens is 227 g/mol. The van der Waals surface area contributed by atoms with Gasteiger partial charge >= 0.3 is 0 Å². The molecule has 0 aliphatic rings. The average Bonchev–Trinajstić information content (AvgIpc) is 1.77. The molecule has 0 amide bonds. The van der Waals surface area contributed by atoms with Gasteiger partial charge in [0.1, 0.15) is 0 Å². The Morgan fingerprint density at radius 3 is 2.00 bits per heavy atom. The van der Waals surface area contributed by atoms with E-state index in [0.717, 1.165) is 5.19 Å². The van der Waals surface area contributed by atoms with E-state index in [9.17, 15) is 0 Å². The van der Waals surface area contributed by atoms with Gasteiger partial charge in [0.2, 0.25) is 0 Å². The molecule has 0 aliphatic heterocycles. The fraction of sp³-hybridized carbons (Fsp3) is 0. The van der Waals surface area contributed by atoms with E-state index >= 15 is 0 Å². The van der Waals surface area contributed by atoms with Crippen LogP contribution in [0.1, 0.15) is 0 Å². The molecule has 0 N–H and O–H groups in total. The quantitative estimate of drug-likeness (QED) is 0.463. The lowest BCUT2D eigenvalue weighted by Crippen LogP contribution is -1.98. The Balaban J connectivity index is 3.03. The second-order valence-electron chi connectivity index (χ2n) is 1.51. The van der Waals surface area contributed by atoms with Crippen molar-refractivity contribution in [3.05, 3.63) is 27.8 Å². The molecule has 0 saturated carbocycles. The highest BCUT2D eigenvalue weighted by molar-refractivity contribution is 14.1. The Kier molecular flexibility index (Phi) is 2.07. The second-order valence-corrected chi connectivity index (χ2v) is 3.33. The molecule has 8 heavy (non-hydrogen) atoms. The SMILES string of the molecule is [Si]c1ccc(I)cc1. The van der Waals surface area contributed by atoms with Gasteiger partial charge < -0.3 is 0 Å². The first-order chi connectivity index (χ1) is 3.79. The fourth-order valence-corrected chi connectivity index (χ4v) is 0.976. The first-order valence-corrected chi connectivity index (χ1v) is 3.84. The highest BCUT2D eigenvalue weighted by Gasteiger charge is 1.81. The largest absolute Gasteiger partial charge is 0.0711 e. The molecule has 0 nitrogen and oxygen atoms in total. The minimum Gasteiger partial charge on any atom is -0.0673 e. The van der Waals surface area contributed by atoms with Crippen LogP contribution < -0.4 is 5.19 Å². The van der Waals surface area contributed by atoms with Crippen molar-refractivity contribution in [2.24, 2.45) is 0 Å². The summed E-state index contributed by atoms with van der Waals surface area (Å²) >= 11 is 2.27. The van der Waals surface area contributed by atoms with Crippen LogP contribution in [-0.2, 0) is 0 Å². The number of hydrogen-bond acceptors (Lipinski definition) is 0. The molecule has 0 fully saturated rings. The lowest BCUT2D eigenvalue weighted by atomic mass is 10.4. The maximum absolute atomic E-state index is 3.39. The molecule has 0 saturated heterocycles. The molecule has 0 heterocycles. The summed E-state index contributed by atoms with van der Waals surface area (Å²) in [5, 5.41) is 1.13. The first-order valence-electron chi connectivity index (χ1n) is 2.26. The summed E-state index contributed by atoms with van der Waals surface area (Å²) in [6, 6.07) is 8.17.